The molecule has 2 aliphatic rings. The highest BCUT2D eigenvalue weighted by Gasteiger charge is 2.53. The van der Waals surface area contributed by atoms with E-state index in [0.717, 1.165) is 41.2 Å². The van der Waals surface area contributed by atoms with Gasteiger partial charge in [-0.25, -0.2) is 9.97 Å². The summed E-state index contributed by atoms with van der Waals surface area (Å²) in [5, 5.41) is 3.37. The average molecular weight is 548 g/mol. The second kappa shape index (κ2) is 11.4. The van der Waals surface area contributed by atoms with Gasteiger partial charge in [0.2, 0.25) is 5.91 Å². The molecule has 0 spiro atoms. The fourth-order valence-electron chi connectivity index (χ4n) is 5.75. The zero-order valence-electron chi connectivity index (χ0n) is 23.7. The molecule has 1 saturated heterocycles. The first-order valence-corrected chi connectivity index (χ1v) is 14.4. The molecule has 1 aliphatic heterocycles. The maximum Gasteiger partial charge on any atom is 0.249 e. The van der Waals surface area contributed by atoms with Crippen molar-refractivity contribution < 1.29 is 9.53 Å². The molecule has 2 atom stereocenters. The topological polar surface area (TPSA) is 93.4 Å². The lowest BCUT2D eigenvalue weighted by Gasteiger charge is -2.41. The molecule has 1 aliphatic carbocycles. The monoisotopic (exact) mass is 547 g/mol. The van der Waals surface area contributed by atoms with E-state index in [1.165, 1.54) is 11.1 Å². The third-order valence-corrected chi connectivity index (χ3v) is 8.33. The van der Waals surface area contributed by atoms with E-state index in [1.54, 1.807) is 6.33 Å². The summed E-state index contributed by atoms with van der Waals surface area (Å²) in [5.74, 6) is 1.23. The Morgan fingerprint density at radius 1 is 1.00 bits per heavy atom. The molecule has 3 aromatic carbocycles. The summed E-state index contributed by atoms with van der Waals surface area (Å²) in [5.41, 5.74) is 13.0. The first-order valence-electron chi connectivity index (χ1n) is 14.4. The molecule has 210 valence electrons. The number of benzene rings is 3. The highest BCUT2D eigenvalue weighted by atomic mass is 16.5. The van der Waals surface area contributed by atoms with Gasteiger partial charge < -0.3 is 20.7 Å². The predicted molar refractivity (Wildman–Crippen MR) is 162 cm³/mol. The van der Waals surface area contributed by atoms with Crippen LogP contribution in [0, 0.1) is 0 Å². The Bertz CT molecular complexity index is 1500. The molecule has 2 fully saturated rings. The van der Waals surface area contributed by atoms with Crippen LogP contribution in [0.4, 0.5) is 11.5 Å². The van der Waals surface area contributed by atoms with Gasteiger partial charge in [-0.1, -0.05) is 80.6 Å². The van der Waals surface area contributed by atoms with Crippen molar-refractivity contribution >= 4 is 17.4 Å². The maximum atomic E-state index is 13.0. The normalized spacial score (nSPS) is 18.8. The number of ether oxygens (including phenoxy) is 1. The van der Waals surface area contributed by atoms with Gasteiger partial charge in [0.25, 0.3) is 0 Å². The zero-order chi connectivity index (χ0) is 28.4. The highest BCUT2D eigenvalue weighted by Crippen LogP contribution is 2.52. The van der Waals surface area contributed by atoms with Gasteiger partial charge in [-0.05, 0) is 54.0 Å². The minimum absolute atomic E-state index is 0.0523. The summed E-state index contributed by atoms with van der Waals surface area (Å²) in [4.78, 5) is 23.8. The molecule has 6 rings (SSSR count). The molecule has 0 radical (unpaired) electrons. The molecule has 41 heavy (non-hydrogen) atoms. The summed E-state index contributed by atoms with van der Waals surface area (Å²) >= 11 is 0. The van der Waals surface area contributed by atoms with E-state index in [1.807, 2.05) is 53.4 Å². The Labute approximate surface area is 241 Å². The molecule has 4 aromatic rings. The summed E-state index contributed by atoms with van der Waals surface area (Å²) in [6, 6.07) is 28.7. The van der Waals surface area contributed by atoms with Crippen LogP contribution >= 0.6 is 0 Å². The molecular weight excluding hydrogens is 510 g/mol. The van der Waals surface area contributed by atoms with Gasteiger partial charge in [-0.2, -0.15) is 0 Å². The van der Waals surface area contributed by atoms with E-state index in [9.17, 15) is 4.79 Å². The van der Waals surface area contributed by atoms with E-state index in [-0.39, 0.29) is 30.2 Å². The van der Waals surface area contributed by atoms with Gasteiger partial charge in [0.05, 0.1) is 17.3 Å². The van der Waals surface area contributed by atoms with Crippen LogP contribution in [0.3, 0.4) is 0 Å². The van der Waals surface area contributed by atoms with Gasteiger partial charge in [0.1, 0.15) is 18.8 Å². The zero-order valence-corrected chi connectivity index (χ0v) is 23.7. The quantitative estimate of drug-likeness (QED) is 0.275. The van der Waals surface area contributed by atoms with Crippen LogP contribution in [0.15, 0.2) is 91.3 Å². The number of hydrogen-bond acceptors (Lipinski definition) is 6. The number of carbonyl (C=O) groups is 1. The minimum Gasteiger partial charge on any atom is -0.365 e. The summed E-state index contributed by atoms with van der Waals surface area (Å²) in [6.45, 7) is 5.00. The number of carbonyl (C=O) groups excluding carboxylic acids is 1. The number of aromatic nitrogens is 2. The number of amides is 1. The van der Waals surface area contributed by atoms with Crippen molar-refractivity contribution in [3.63, 3.8) is 0 Å². The van der Waals surface area contributed by atoms with E-state index in [0.29, 0.717) is 18.9 Å². The van der Waals surface area contributed by atoms with Crippen molar-refractivity contribution in [2.45, 2.75) is 56.7 Å². The standard InChI is InChI=1S/C34H37N5O2/c1-23(2)26-9-6-10-27(18-26)34(15-16-34)39-20-31(41-21-33(39)40)29(35)17-24-11-13-28(14-12-24)38-32-19-30(36-22-37-32)25-7-4-3-5-8-25/h3-14,18-19,22-23,29,31H,15-17,20-21,35H2,1-2H3,(H,36,37,38). The second-order valence-corrected chi connectivity index (χ2v) is 11.5. The van der Waals surface area contributed by atoms with Crippen molar-refractivity contribution in [2.24, 2.45) is 5.73 Å². The number of nitrogens with two attached hydrogens (primary N) is 1. The number of hydrogen-bond donors (Lipinski definition) is 2. The molecule has 7 heteroatoms. The molecule has 1 amide bonds. The lowest BCUT2D eigenvalue weighted by molar-refractivity contribution is -0.155. The fourth-order valence-corrected chi connectivity index (χ4v) is 5.75. The van der Waals surface area contributed by atoms with Crippen LogP contribution in [-0.2, 0) is 21.5 Å². The van der Waals surface area contributed by atoms with Gasteiger partial charge in [-0.15, -0.1) is 0 Å². The van der Waals surface area contributed by atoms with Crippen LogP contribution < -0.4 is 11.1 Å². The number of nitrogens with zero attached hydrogens (tertiary/aromatic N) is 3. The molecular formula is C34H37N5O2. The molecule has 0 bridgehead atoms. The van der Waals surface area contributed by atoms with Crippen molar-refractivity contribution in [1.29, 1.82) is 0 Å². The van der Waals surface area contributed by atoms with Crippen LogP contribution in [0.1, 0.15) is 49.3 Å². The van der Waals surface area contributed by atoms with E-state index in [4.69, 9.17) is 10.5 Å². The molecule has 2 heterocycles. The maximum absolute atomic E-state index is 13.0. The van der Waals surface area contributed by atoms with Crippen LogP contribution in [0.2, 0.25) is 0 Å². The van der Waals surface area contributed by atoms with Gasteiger partial charge in [-0.3, -0.25) is 4.79 Å². The third kappa shape index (κ3) is 5.87. The lowest BCUT2D eigenvalue weighted by Crippen LogP contribution is -2.56. The Hall–Kier alpha value is -4.07. The van der Waals surface area contributed by atoms with Crippen LogP contribution in [0.5, 0.6) is 0 Å². The summed E-state index contributed by atoms with van der Waals surface area (Å²) < 4.78 is 5.98. The first-order chi connectivity index (χ1) is 19.9. The second-order valence-electron chi connectivity index (χ2n) is 11.5. The molecule has 7 nitrogen and oxygen atoms in total. The third-order valence-electron chi connectivity index (χ3n) is 8.33. The van der Waals surface area contributed by atoms with E-state index in [2.05, 4.69) is 65.5 Å². The van der Waals surface area contributed by atoms with Gasteiger partial charge >= 0.3 is 0 Å². The van der Waals surface area contributed by atoms with Crippen LogP contribution in [-0.4, -0.2) is 46.1 Å². The van der Waals surface area contributed by atoms with Gasteiger partial charge in [0.15, 0.2) is 0 Å². The number of nitrogens with one attached hydrogen (secondary N) is 1. The predicted octanol–water partition coefficient (Wildman–Crippen LogP) is 5.80. The van der Waals surface area contributed by atoms with Crippen molar-refractivity contribution in [1.82, 2.24) is 14.9 Å². The Kier molecular flexibility index (Phi) is 7.56. The lowest BCUT2D eigenvalue weighted by atomic mass is 9.94. The van der Waals surface area contributed by atoms with Crippen molar-refractivity contribution in [3.05, 3.63) is 108 Å². The molecule has 1 saturated carbocycles. The molecule has 3 N–H and O–H groups in total. The SMILES string of the molecule is CC(C)c1cccc(C2(N3CC(C(N)Cc4ccc(Nc5cc(-c6ccccc6)ncn5)cc4)OCC3=O)CC2)c1. The van der Waals surface area contributed by atoms with Crippen molar-refractivity contribution in [3.8, 4) is 11.3 Å². The number of anilines is 2. The number of morpholine rings is 1. The van der Waals surface area contributed by atoms with Crippen molar-refractivity contribution in [2.75, 3.05) is 18.5 Å². The average Bonchev–Trinajstić information content (AvgIpc) is 3.81. The largest absolute Gasteiger partial charge is 0.365 e. The smallest absolute Gasteiger partial charge is 0.249 e. The Balaban J connectivity index is 1.09. The molecule has 2 unspecified atom stereocenters. The summed E-state index contributed by atoms with van der Waals surface area (Å²) in [6.07, 6.45) is 3.98. The molecule has 1 aromatic heterocycles. The van der Waals surface area contributed by atoms with E-state index < -0.39 is 0 Å². The minimum atomic E-state index is -0.225. The van der Waals surface area contributed by atoms with Crippen LogP contribution in [0.25, 0.3) is 11.3 Å². The van der Waals surface area contributed by atoms with Gasteiger partial charge in [0, 0.05) is 29.9 Å². The Morgan fingerprint density at radius 3 is 2.51 bits per heavy atom. The summed E-state index contributed by atoms with van der Waals surface area (Å²) in [7, 11) is 0. The first kappa shape index (κ1) is 27.1. The van der Waals surface area contributed by atoms with E-state index >= 15 is 0 Å². The Morgan fingerprint density at radius 2 is 1.78 bits per heavy atom. The number of rotatable bonds is 9. The fraction of sp³-hybridized carbons (Fsp3) is 0.324. The highest BCUT2D eigenvalue weighted by molar-refractivity contribution is 5.80.